The van der Waals surface area contributed by atoms with Crippen LogP contribution in [0.15, 0.2) is 48.7 Å². The highest BCUT2D eigenvalue weighted by molar-refractivity contribution is 6.01. The first-order valence-corrected chi connectivity index (χ1v) is 11.1. The maximum Gasteiger partial charge on any atom is 0.412 e. The number of amides is 3. The maximum atomic E-state index is 13.5. The number of hydrogen-bond acceptors (Lipinski definition) is 4. The Hall–Kier alpha value is -3.13. The summed E-state index contributed by atoms with van der Waals surface area (Å²) in [7, 11) is 0. The number of anilines is 1. The Balaban J connectivity index is 0.00000306. The Bertz CT molecular complexity index is 1030. The van der Waals surface area contributed by atoms with Gasteiger partial charge in [0.2, 0.25) is 5.91 Å². The maximum absolute atomic E-state index is 13.5. The fraction of sp³-hybridized carbons (Fsp3) is 0.417. The van der Waals surface area contributed by atoms with Gasteiger partial charge in [0.1, 0.15) is 17.8 Å². The topological polar surface area (TPSA) is 91.6 Å². The molecule has 8 nitrogen and oxygen atoms in total. The van der Waals surface area contributed by atoms with E-state index in [4.69, 9.17) is 4.74 Å². The monoisotopic (exact) mass is 473 g/mol. The summed E-state index contributed by atoms with van der Waals surface area (Å²) in [5.74, 6) is 0.840. The van der Waals surface area contributed by atoms with Gasteiger partial charge >= 0.3 is 12.0 Å². The average Bonchev–Trinajstić information content (AvgIpc) is 3.18. The van der Waals surface area contributed by atoms with Crippen LogP contribution in [0.2, 0.25) is 0 Å². The Labute approximate surface area is 199 Å². The van der Waals surface area contributed by atoms with Gasteiger partial charge in [0.25, 0.3) is 5.82 Å². The summed E-state index contributed by atoms with van der Waals surface area (Å²) < 4.78 is 7.34. The minimum atomic E-state index is -0.666. The van der Waals surface area contributed by atoms with Gasteiger partial charge in [-0.25, -0.2) is 14.2 Å². The van der Waals surface area contributed by atoms with Crippen molar-refractivity contribution >= 4 is 36.1 Å². The first-order chi connectivity index (χ1) is 15.4. The van der Waals surface area contributed by atoms with Crippen LogP contribution in [0.1, 0.15) is 38.8 Å². The Kier molecular flexibility index (Phi) is 7.58. The van der Waals surface area contributed by atoms with E-state index < -0.39 is 12.1 Å². The second-order valence-corrected chi connectivity index (χ2v) is 8.45. The molecule has 2 N–H and O–H groups in total. The largest absolute Gasteiger partial charge is 0.412 e. The van der Waals surface area contributed by atoms with Crippen molar-refractivity contribution in [2.45, 2.75) is 51.7 Å². The summed E-state index contributed by atoms with van der Waals surface area (Å²) >= 11 is 0. The minimum Gasteiger partial charge on any atom is -0.410 e. The zero-order valence-corrected chi connectivity index (χ0v) is 19.8. The summed E-state index contributed by atoms with van der Waals surface area (Å²) in [5.41, 5.74) is 1.04. The molecule has 1 aromatic heterocycles. The molecule has 4 atom stereocenters. The summed E-state index contributed by atoms with van der Waals surface area (Å²) in [5, 5.41) is 5.73. The van der Waals surface area contributed by atoms with Gasteiger partial charge in [-0.15, -0.1) is 12.4 Å². The number of nitrogens with zero attached hydrogens (tertiary/aromatic N) is 2. The van der Waals surface area contributed by atoms with Gasteiger partial charge in [-0.3, -0.25) is 4.79 Å². The van der Waals surface area contributed by atoms with E-state index in [-0.39, 0.29) is 48.8 Å². The Morgan fingerprint density at radius 2 is 1.94 bits per heavy atom. The molecule has 2 aromatic rings. The average molecular weight is 474 g/mol. The molecule has 0 radical (unpaired) electrons. The number of ether oxygens (including phenoxy) is 1. The summed E-state index contributed by atoms with van der Waals surface area (Å²) in [6.07, 6.45) is 2.69. The number of benzene rings is 1. The predicted octanol–water partition coefficient (Wildman–Crippen LogP) is 2.55. The fourth-order valence-corrected chi connectivity index (χ4v) is 4.31. The molecule has 3 amide bonds. The van der Waals surface area contributed by atoms with E-state index in [0.717, 1.165) is 11.4 Å². The number of para-hydroxylation sites is 1. The van der Waals surface area contributed by atoms with Crippen LogP contribution in [0, 0.1) is 5.92 Å². The van der Waals surface area contributed by atoms with Gasteiger partial charge in [0.05, 0.1) is 12.7 Å². The molecule has 176 valence electrons. The number of rotatable bonds is 6. The number of pyridine rings is 1. The number of nitrogens with one attached hydrogen (secondary N) is 2. The van der Waals surface area contributed by atoms with Crippen molar-refractivity contribution in [3.05, 3.63) is 54.2 Å². The van der Waals surface area contributed by atoms with E-state index in [1.54, 1.807) is 29.2 Å². The van der Waals surface area contributed by atoms with E-state index in [1.807, 2.05) is 49.7 Å². The highest BCUT2D eigenvalue weighted by atomic mass is 35.5. The molecule has 0 spiro atoms. The first kappa shape index (κ1) is 24.5. The Morgan fingerprint density at radius 1 is 1.21 bits per heavy atom. The molecular weight excluding hydrogens is 444 g/mol. The SMILES string of the molecule is CC[C@@H](C)C(=O)N[C@@H]1C(=O)N2c3c(ccc[n+]3C1C)C[C@H]2CNC(=O)Oc1ccccc1.Cl. The van der Waals surface area contributed by atoms with Crippen LogP contribution in [0.25, 0.3) is 0 Å². The molecular formula is C24H30ClN4O4+. The van der Waals surface area contributed by atoms with Gasteiger partial charge in [0.15, 0.2) is 6.04 Å². The molecule has 33 heavy (non-hydrogen) atoms. The number of carbonyl (C=O) groups excluding carboxylic acids is 3. The highest BCUT2D eigenvalue weighted by Gasteiger charge is 2.53. The number of carbonyl (C=O) groups is 3. The van der Waals surface area contributed by atoms with Crippen LogP contribution in [0.4, 0.5) is 10.6 Å². The van der Waals surface area contributed by atoms with Gasteiger partial charge < -0.3 is 15.4 Å². The lowest BCUT2D eigenvalue weighted by atomic mass is 10.0. The Morgan fingerprint density at radius 3 is 2.64 bits per heavy atom. The number of halogens is 1. The molecule has 1 aromatic carbocycles. The minimum absolute atomic E-state index is 0. The molecule has 0 fully saturated rings. The smallest absolute Gasteiger partial charge is 0.410 e. The van der Waals surface area contributed by atoms with Gasteiger partial charge in [-0.05, 0) is 37.6 Å². The molecule has 0 aliphatic carbocycles. The van der Waals surface area contributed by atoms with E-state index in [1.165, 1.54) is 0 Å². The molecule has 2 aliphatic heterocycles. The fourth-order valence-electron chi connectivity index (χ4n) is 4.31. The molecule has 0 saturated heterocycles. The van der Waals surface area contributed by atoms with Crippen LogP contribution in [0.5, 0.6) is 5.75 Å². The lowest BCUT2D eigenvalue weighted by Gasteiger charge is -2.33. The third-order valence-electron chi connectivity index (χ3n) is 6.34. The van der Waals surface area contributed by atoms with Crippen molar-refractivity contribution in [1.82, 2.24) is 10.6 Å². The second kappa shape index (κ2) is 10.2. The normalized spacial score (nSPS) is 21.5. The van der Waals surface area contributed by atoms with Gasteiger partial charge in [0, 0.05) is 17.9 Å². The predicted molar refractivity (Wildman–Crippen MR) is 125 cm³/mol. The van der Waals surface area contributed by atoms with Crippen LogP contribution < -0.4 is 24.8 Å². The molecule has 4 rings (SSSR count). The van der Waals surface area contributed by atoms with Crippen molar-refractivity contribution in [3.8, 4) is 5.75 Å². The molecule has 2 aliphatic rings. The lowest BCUT2D eigenvalue weighted by molar-refractivity contribution is -0.711. The first-order valence-electron chi connectivity index (χ1n) is 11.1. The van der Waals surface area contributed by atoms with Gasteiger partial charge in [-0.1, -0.05) is 32.0 Å². The third kappa shape index (κ3) is 4.80. The van der Waals surface area contributed by atoms with E-state index in [0.29, 0.717) is 18.6 Å². The van der Waals surface area contributed by atoms with Crippen molar-refractivity contribution in [3.63, 3.8) is 0 Å². The molecule has 9 heteroatoms. The number of hydrogen-bond donors (Lipinski definition) is 2. The van der Waals surface area contributed by atoms with E-state index in [2.05, 4.69) is 10.6 Å². The van der Waals surface area contributed by atoms with E-state index in [9.17, 15) is 14.4 Å². The zero-order chi connectivity index (χ0) is 22.8. The highest BCUT2D eigenvalue weighted by Crippen LogP contribution is 2.34. The molecule has 3 heterocycles. The van der Waals surface area contributed by atoms with Crippen LogP contribution in [0.3, 0.4) is 0 Å². The quantitative estimate of drug-likeness (QED) is 0.631. The molecule has 0 bridgehead atoms. The standard InChI is InChI=1S/C24H28N4O4.ClH/c1-4-15(2)21(29)26-20-16(3)27-12-8-9-17-13-18(28(22(17)27)23(20)30)14-25-24(31)32-19-10-6-5-7-11-19;/h5-12,15-16,18,20H,4,13-14H2,1-3H3,(H-,25,26,29,31);1H/p+1/t15-,16?,18+,20+;/m1./s1. The van der Waals surface area contributed by atoms with Crippen molar-refractivity contribution in [1.29, 1.82) is 0 Å². The van der Waals surface area contributed by atoms with E-state index >= 15 is 0 Å². The second-order valence-electron chi connectivity index (χ2n) is 8.45. The van der Waals surface area contributed by atoms with Crippen LogP contribution >= 0.6 is 12.4 Å². The third-order valence-corrected chi connectivity index (χ3v) is 6.34. The van der Waals surface area contributed by atoms with Crippen LogP contribution in [-0.4, -0.2) is 36.5 Å². The number of aromatic nitrogens is 1. The van der Waals surface area contributed by atoms with Crippen molar-refractivity contribution in [2.75, 3.05) is 11.4 Å². The van der Waals surface area contributed by atoms with Crippen molar-refractivity contribution in [2.24, 2.45) is 5.92 Å². The van der Waals surface area contributed by atoms with Crippen molar-refractivity contribution < 1.29 is 23.7 Å². The molecule has 1 unspecified atom stereocenters. The summed E-state index contributed by atoms with van der Waals surface area (Å²) in [4.78, 5) is 40.1. The zero-order valence-electron chi connectivity index (χ0n) is 19.0. The molecule has 0 saturated carbocycles. The van der Waals surface area contributed by atoms with Gasteiger partial charge in [-0.2, -0.15) is 4.90 Å². The lowest BCUT2D eigenvalue weighted by Crippen LogP contribution is -2.66. The summed E-state index contributed by atoms with van der Waals surface area (Å²) in [6.45, 7) is 5.99. The van der Waals surface area contributed by atoms with Crippen LogP contribution in [-0.2, 0) is 16.0 Å². The summed E-state index contributed by atoms with van der Waals surface area (Å²) in [6, 6.07) is 11.6.